The van der Waals surface area contributed by atoms with Crippen LogP contribution in [0.5, 0.6) is 0 Å². The van der Waals surface area contributed by atoms with Crippen LogP contribution in [0.3, 0.4) is 0 Å². The molecule has 0 spiro atoms. The summed E-state index contributed by atoms with van der Waals surface area (Å²) in [5, 5.41) is 3.00. The Morgan fingerprint density at radius 1 is 1.11 bits per heavy atom. The van der Waals surface area contributed by atoms with Crippen LogP contribution in [0, 0.1) is 23.2 Å². The standard InChI is InChI=1S/C22H30N2O3.HI/c1-21(2,23-19(25)18-4-6-24(3)7-5-18)14-27-20(26)22-11-15-8-16(12-22)10-17(9-15)13-22;/h4-7,15-17H,8-14H2,1-3H3;1H. The van der Waals surface area contributed by atoms with Gasteiger partial charge in [0.1, 0.15) is 13.7 Å². The Kier molecular flexibility index (Phi) is 6.09. The van der Waals surface area contributed by atoms with Crippen molar-refractivity contribution < 1.29 is 42.9 Å². The monoisotopic (exact) mass is 498 g/mol. The van der Waals surface area contributed by atoms with Gasteiger partial charge in [0.25, 0.3) is 5.91 Å². The molecule has 0 saturated heterocycles. The summed E-state index contributed by atoms with van der Waals surface area (Å²) in [5.41, 5.74) is -0.246. The molecule has 1 aromatic rings. The van der Waals surface area contributed by atoms with E-state index in [4.69, 9.17) is 4.74 Å². The fraction of sp³-hybridized carbons (Fsp3) is 0.682. The smallest absolute Gasteiger partial charge is 0.312 e. The van der Waals surface area contributed by atoms with Gasteiger partial charge in [-0.2, -0.15) is 0 Å². The number of aromatic nitrogens is 1. The van der Waals surface area contributed by atoms with Crippen molar-refractivity contribution in [3.8, 4) is 0 Å². The number of hydrogen-bond acceptors (Lipinski definition) is 3. The molecule has 4 aliphatic rings. The average molecular weight is 498 g/mol. The van der Waals surface area contributed by atoms with Crippen LogP contribution in [0.4, 0.5) is 0 Å². The summed E-state index contributed by atoms with van der Waals surface area (Å²) in [6.07, 6.45) is 10.6. The Morgan fingerprint density at radius 3 is 2.11 bits per heavy atom. The molecule has 4 fully saturated rings. The molecule has 1 N–H and O–H groups in total. The van der Waals surface area contributed by atoms with Crippen molar-refractivity contribution in [2.24, 2.45) is 30.2 Å². The molecule has 1 aromatic heterocycles. The molecule has 0 unspecified atom stereocenters. The minimum atomic E-state index is -0.604. The Bertz CT molecular complexity index is 709. The van der Waals surface area contributed by atoms with E-state index in [1.165, 1.54) is 19.3 Å². The van der Waals surface area contributed by atoms with E-state index in [0.717, 1.165) is 37.0 Å². The molecule has 4 aliphatic carbocycles. The summed E-state index contributed by atoms with van der Waals surface area (Å²) < 4.78 is 7.67. The summed E-state index contributed by atoms with van der Waals surface area (Å²) in [5.74, 6) is 1.98. The third kappa shape index (κ3) is 4.36. The maximum Gasteiger partial charge on any atom is 0.312 e. The van der Waals surface area contributed by atoms with E-state index in [1.54, 1.807) is 12.1 Å². The predicted octanol–water partition coefficient (Wildman–Crippen LogP) is -0.217. The molecule has 1 amide bonds. The van der Waals surface area contributed by atoms with Gasteiger partial charge in [-0.05, 0) is 70.1 Å². The number of pyridine rings is 1. The van der Waals surface area contributed by atoms with Gasteiger partial charge in [0, 0.05) is 12.1 Å². The lowest BCUT2D eigenvalue weighted by Crippen LogP contribution is -3.00. The second-order valence-electron chi connectivity index (χ2n) is 9.86. The maximum atomic E-state index is 13.0. The highest BCUT2D eigenvalue weighted by Crippen LogP contribution is 2.60. The van der Waals surface area contributed by atoms with Crippen molar-refractivity contribution in [3.63, 3.8) is 0 Å². The molecule has 6 heteroatoms. The molecule has 0 radical (unpaired) electrons. The topological polar surface area (TPSA) is 59.3 Å². The number of carbonyl (C=O) groups excluding carboxylic acids is 2. The van der Waals surface area contributed by atoms with E-state index in [1.807, 2.05) is 37.9 Å². The highest BCUT2D eigenvalue weighted by Gasteiger charge is 2.55. The van der Waals surface area contributed by atoms with E-state index >= 15 is 0 Å². The van der Waals surface area contributed by atoms with Crippen LogP contribution in [0.2, 0.25) is 0 Å². The molecule has 4 saturated carbocycles. The van der Waals surface area contributed by atoms with Crippen LogP contribution < -0.4 is 33.9 Å². The number of hydrogen-bond donors (Lipinski definition) is 1. The second-order valence-corrected chi connectivity index (χ2v) is 9.86. The molecule has 0 atom stereocenters. The lowest BCUT2D eigenvalue weighted by Gasteiger charge is -2.55. The lowest BCUT2D eigenvalue weighted by atomic mass is 9.49. The van der Waals surface area contributed by atoms with Crippen LogP contribution in [-0.4, -0.2) is 24.0 Å². The van der Waals surface area contributed by atoms with Crippen molar-refractivity contribution in [1.82, 2.24) is 5.32 Å². The Balaban J connectivity index is 0.00000225. The van der Waals surface area contributed by atoms with Gasteiger partial charge < -0.3 is 34.0 Å². The summed E-state index contributed by atoms with van der Waals surface area (Å²) in [4.78, 5) is 25.5. The number of rotatable bonds is 5. The van der Waals surface area contributed by atoms with Gasteiger partial charge in [-0.25, -0.2) is 4.57 Å². The van der Waals surface area contributed by atoms with Gasteiger partial charge in [-0.1, -0.05) is 0 Å². The first-order valence-electron chi connectivity index (χ1n) is 10.2. The van der Waals surface area contributed by atoms with Crippen LogP contribution >= 0.6 is 0 Å². The number of ether oxygens (including phenoxy) is 1. The molecule has 5 nitrogen and oxygen atoms in total. The number of nitrogens with one attached hydrogen (secondary N) is 1. The van der Waals surface area contributed by atoms with E-state index < -0.39 is 5.54 Å². The largest absolute Gasteiger partial charge is 1.00 e. The highest BCUT2D eigenvalue weighted by molar-refractivity contribution is 5.94. The SMILES string of the molecule is C[n+]1ccc(C(=O)NC(C)(C)COC(=O)C23CC4CC(CC(C4)C2)C3)cc1.[I-]. The molecular formula is C22H31IN2O3. The number of aryl methyl sites for hydroxylation is 1. The van der Waals surface area contributed by atoms with Crippen molar-refractivity contribution in [2.45, 2.75) is 57.9 Å². The van der Waals surface area contributed by atoms with Crippen molar-refractivity contribution in [1.29, 1.82) is 0 Å². The summed E-state index contributed by atoms with van der Waals surface area (Å²) >= 11 is 0. The lowest BCUT2D eigenvalue weighted by molar-refractivity contribution is -0.671. The molecule has 5 rings (SSSR count). The van der Waals surface area contributed by atoms with Gasteiger partial charge in [-0.15, -0.1) is 0 Å². The zero-order chi connectivity index (χ0) is 19.2. The fourth-order valence-electron chi connectivity index (χ4n) is 5.83. The maximum absolute atomic E-state index is 13.0. The number of esters is 1. The van der Waals surface area contributed by atoms with Crippen molar-refractivity contribution in [2.75, 3.05) is 6.61 Å². The van der Waals surface area contributed by atoms with E-state index in [9.17, 15) is 9.59 Å². The highest BCUT2D eigenvalue weighted by atomic mass is 127. The molecule has 0 aromatic carbocycles. The number of carbonyl (C=O) groups is 2. The molecular weight excluding hydrogens is 467 g/mol. The first-order chi connectivity index (χ1) is 12.7. The predicted molar refractivity (Wildman–Crippen MR) is 101 cm³/mol. The van der Waals surface area contributed by atoms with E-state index in [-0.39, 0.29) is 47.9 Å². The van der Waals surface area contributed by atoms with Gasteiger partial charge in [-0.3, -0.25) is 9.59 Å². The minimum Gasteiger partial charge on any atom is -1.00 e. The van der Waals surface area contributed by atoms with E-state index in [0.29, 0.717) is 5.56 Å². The summed E-state index contributed by atoms with van der Waals surface area (Å²) in [7, 11) is 1.91. The Labute approximate surface area is 184 Å². The molecule has 0 aliphatic heterocycles. The molecule has 28 heavy (non-hydrogen) atoms. The zero-order valence-corrected chi connectivity index (χ0v) is 19.2. The first kappa shape index (κ1) is 21.5. The number of nitrogens with zero attached hydrogens (tertiary/aromatic N) is 1. The third-order valence-corrected chi connectivity index (χ3v) is 6.73. The minimum absolute atomic E-state index is 0. The van der Waals surface area contributed by atoms with Crippen LogP contribution in [0.25, 0.3) is 0 Å². The van der Waals surface area contributed by atoms with Crippen LogP contribution in [-0.2, 0) is 16.6 Å². The van der Waals surface area contributed by atoms with Crippen LogP contribution in [0.15, 0.2) is 24.5 Å². The summed E-state index contributed by atoms with van der Waals surface area (Å²) in [6, 6.07) is 3.57. The molecule has 1 heterocycles. The van der Waals surface area contributed by atoms with Gasteiger partial charge in [0.2, 0.25) is 0 Å². The third-order valence-electron chi connectivity index (χ3n) is 6.73. The average Bonchev–Trinajstić information content (AvgIpc) is 2.58. The van der Waals surface area contributed by atoms with Crippen molar-refractivity contribution in [3.05, 3.63) is 30.1 Å². The fourth-order valence-corrected chi connectivity index (χ4v) is 5.83. The Morgan fingerprint density at radius 2 is 1.61 bits per heavy atom. The first-order valence-corrected chi connectivity index (χ1v) is 10.2. The summed E-state index contributed by atoms with van der Waals surface area (Å²) in [6.45, 7) is 4.02. The zero-order valence-electron chi connectivity index (χ0n) is 17.0. The van der Waals surface area contributed by atoms with Gasteiger partial charge >= 0.3 is 5.97 Å². The van der Waals surface area contributed by atoms with Gasteiger partial charge in [0.05, 0.1) is 16.5 Å². The second kappa shape index (κ2) is 7.92. The molecule has 154 valence electrons. The normalized spacial score (nSPS) is 30.5. The quantitative estimate of drug-likeness (QED) is 0.347. The molecule has 4 bridgehead atoms. The number of halogens is 1. The van der Waals surface area contributed by atoms with Crippen LogP contribution in [0.1, 0.15) is 62.7 Å². The van der Waals surface area contributed by atoms with Gasteiger partial charge in [0.15, 0.2) is 12.4 Å². The van der Waals surface area contributed by atoms with E-state index in [2.05, 4.69) is 5.32 Å². The number of amides is 1. The Hall–Kier alpha value is -1.18. The van der Waals surface area contributed by atoms with Crippen molar-refractivity contribution >= 4 is 11.9 Å².